The van der Waals surface area contributed by atoms with Crippen LogP contribution in [-0.2, 0) is 21.0 Å². The van der Waals surface area contributed by atoms with E-state index in [0.717, 1.165) is 24.0 Å². The lowest BCUT2D eigenvalue weighted by Crippen LogP contribution is -2.24. The van der Waals surface area contributed by atoms with Crippen LogP contribution in [0.15, 0.2) is 125 Å². The maximum absolute atomic E-state index is 11.3. The van der Waals surface area contributed by atoms with Crippen molar-refractivity contribution in [3.05, 3.63) is 131 Å². The van der Waals surface area contributed by atoms with Crippen LogP contribution in [0.4, 0.5) is 17.1 Å². The first-order chi connectivity index (χ1) is 23.2. The van der Waals surface area contributed by atoms with Gasteiger partial charge in [-0.15, -0.1) is 0 Å². The average molecular weight is 669 g/mol. The Morgan fingerprint density at radius 2 is 1.33 bits per heavy atom. The molecule has 1 aliphatic carbocycles. The van der Waals surface area contributed by atoms with Gasteiger partial charge >= 0.3 is 5.97 Å². The number of aliphatic carboxylic acids is 1. The summed E-state index contributed by atoms with van der Waals surface area (Å²) in [5.74, 6) is -1.22. The van der Waals surface area contributed by atoms with Gasteiger partial charge in [-0.25, -0.2) is 4.79 Å². The molecule has 0 fully saturated rings. The topological polar surface area (TPSA) is 81.4 Å². The van der Waals surface area contributed by atoms with Crippen LogP contribution in [0.5, 0.6) is 0 Å². The molecule has 48 heavy (non-hydrogen) atoms. The highest BCUT2D eigenvalue weighted by atomic mass is 32.2. The molecule has 7 heteroatoms. The highest BCUT2D eigenvalue weighted by Gasteiger charge is 2.41. The van der Waals surface area contributed by atoms with E-state index < -0.39 is 16.8 Å². The van der Waals surface area contributed by atoms with Crippen molar-refractivity contribution in [2.75, 3.05) is 17.4 Å². The molecule has 0 bridgehead atoms. The third-order valence-electron chi connectivity index (χ3n) is 9.15. The molecule has 0 saturated heterocycles. The van der Waals surface area contributed by atoms with Crippen LogP contribution in [0, 0.1) is 11.3 Å². The zero-order chi connectivity index (χ0) is 34.0. The van der Waals surface area contributed by atoms with Gasteiger partial charge < -0.3 is 10.0 Å². The Hall–Kier alpha value is -4.90. The number of hydrogen-bond acceptors (Lipinski definition) is 5. The number of anilines is 3. The van der Waals surface area contributed by atoms with Crippen LogP contribution >= 0.6 is 11.8 Å². The summed E-state index contributed by atoms with van der Waals surface area (Å²) in [5, 5.41) is 18.3. The van der Waals surface area contributed by atoms with Crippen molar-refractivity contribution < 1.29 is 14.1 Å². The maximum Gasteiger partial charge on any atom is 0.346 e. The number of nitrogens with zero attached hydrogens (tertiary/aromatic N) is 2. The van der Waals surface area contributed by atoms with Crippen LogP contribution in [0.2, 0.25) is 0 Å². The molecule has 7 rings (SSSR count). The van der Waals surface area contributed by atoms with Gasteiger partial charge in [0.15, 0.2) is 0 Å². The zero-order valence-corrected chi connectivity index (χ0v) is 29.0. The van der Waals surface area contributed by atoms with Crippen molar-refractivity contribution >= 4 is 51.7 Å². The number of carboxylic acids is 1. The van der Waals surface area contributed by atoms with E-state index in [1.165, 1.54) is 55.2 Å². The van der Waals surface area contributed by atoms with Crippen molar-refractivity contribution in [1.82, 2.24) is 0 Å². The number of rotatable bonds is 6. The lowest BCUT2D eigenvalue weighted by atomic mass is 9.73. The van der Waals surface area contributed by atoms with Gasteiger partial charge in [-0.1, -0.05) is 92.3 Å². The fourth-order valence-corrected chi connectivity index (χ4v) is 7.93. The Labute approximate surface area is 289 Å². The van der Waals surface area contributed by atoms with Crippen molar-refractivity contribution in [2.24, 2.45) is 0 Å². The molecule has 5 nitrogen and oxygen atoms in total. The van der Waals surface area contributed by atoms with Gasteiger partial charge in [0.25, 0.3) is 0 Å². The van der Waals surface area contributed by atoms with E-state index in [1.807, 2.05) is 36.0 Å². The van der Waals surface area contributed by atoms with E-state index in [2.05, 4.69) is 104 Å². The highest BCUT2D eigenvalue weighted by Crippen LogP contribution is 2.56. The summed E-state index contributed by atoms with van der Waals surface area (Å²) in [5.41, 5.74) is 11.3. The Balaban J connectivity index is 0.000000952. The summed E-state index contributed by atoms with van der Waals surface area (Å²) in [6, 6.07) is 40.5. The normalized spacial score (nSPS) is 13.8. The number of hydrogen-bond donors (Lipinski definition) is 1. The molecule has 0 unspecified atom stereocenters. The quantitative estimate of drug-likeness (QED) is 0.141. The molecular weight excluding hydrogens is 633 g/mol. The molecule has 0 radical (unpaired) electrons. The van der Waals surface area contributed by atoms with Crippen LogP contribution < -0.4 is 4.90 Å². The van der Waals surface area contributed by atoms with Gasteiger partial charge in [-0.2, -0.15) is 5.26 Å². The first-order valence-corrected chi connectivity index (χ1v) is 18.6. The number of carboxylic acid groups (broad SMARTS) is 1. The van der Waals surface area contributed by atoms with E-state index >= 15 is 0 Å². The molecule has 2 aliphatic rings. The van der Waals surface area contributed by atoms with E-state index in [9.17, 15) is 14.1 Å². The van der Waals surface area contributed by atoms with Gasteiger partial charge in [0, 0.05) is 44.2 Å². The summed E-state index contributed by atoms with van der Waals surface area (Å²) in [7, 11) is -0.611. The molecule has 0 aromatic heterocycles. The van der Waals surface area contributed by atoms with Gasteiger partial charge in [0.1, 0.15) is 11.6 Å². The lowest BCUT2D eigenvalue weighted by molar-refractivity contribution is -0.132. The first kappa shape index (κ1) is 33.0. The molecule has 0 amide bonds. The third kappa shape index (κ3) is 5.98. The van der Waals surface area contributed by atoms with Crippen LogP contribution in [0.1, 0.15) is 43.4 Å². The average Bonchev–Trinajstić information content (AvgIpc) is 3.37. The van der Waals surface area contributed by atoms with Crippen LogP contribution in [0.3, 0.4) is 0 Å². The van der Waals surface area contributed by atoms with E-state index in [4.69, 9.17) is 5.26 Å². The monoisotopic (exact) mass is 668 g/mol. The second-order valence-electron chi connectivity index (χ2n) is 12.0. The fraction of sp³-hybridized carbons (Fsp3) is 0.171. The molecule has 1 N–H and O–H groups in total. The van der Waals surface area contributed by atoms with Crippen LogP contribution in [0.25, 0.3) is 28.3 Å². The summed E-state index contributed by atoms with van der Waals surface area (Å²) in [4.78, 5) is 16.2. The summed E-state index contributed by atoms with van der Waals surface area (Å²) >= 11 is 1.83. The summed E-state index contributed by atoms with van der Waals surface area (Å²) < 4.78 is 9.56. The SMILES string of the molecule is CCC1(CC)c2cc(-c3ccc(/C=C(\C#N)C(=O)O)cc3)ccc2-c2ccc(N3c4ccccc4Sc4ccccc43)cc21.CS(C)=O. The van der Waals surface area contributed by atoms with Crippen molar-refractivity contribution in [3.8, 4) is 28.3 Å². The molecule has 5 aromatic carbocycles. The van der Waals surface area contributed by atoms with Crippen molar-refractivity contribution in [2.45, 2.75) is 41.9 Å². The number of fused-ring (bicyclic) bond motifs is 5. The standard InChI is InChI=1S/C39H30N2O2S.C2H6OS/c1-3-39(4-2)32-22-27(26-15-13-25(14-16-26)21-28(24-40)38(42)43)17-19-30(32)31-20-18-29(23-33(31)39)41-34-9-5-7-11-36(34)44-37-12-8-6-10-35(37)41;1-4(2)3/h5-23H,3-4H2,1-2H3,(H,42,43);1-2H3/b28-21+;. The molecule has 240 valence electrons. The summed E-state index contributed by atoms with van der Waals surface area (Å²) in [6.07, 6.45) is 6.64. The second-order valence-corrected chi connectivity index (χ2v) is 14.6. The molecule has 0 saturated carbocycles. The van der Waals surface area contributed by atoms with Crippen molar-refractivity contribution in [1.29, 1.82) is 5.26 Å². The molecule has 1 aliphatic heterocycles. The molecule has 0 atom stereocenters. The van der Waals surface area contributed by atoms with Gasteiger partial charge in [-0.05, 0) is 100 Å². The van der Waals surface area contributed by atoms with Gasteiger partial charge in [-0.3, -0.25) is 4.21 Å². The predicted molar refractivity (Wildman–Crippen MR) is 199 cm³/mol. The smallest absolute Gasteiger partial charge is 0.346 e. The molecular formula is C41H36N2O3S2. The molecule has 5 aromatic rings. The fourth-order valence-electron chi connectivity index (χ4n) is 6.88. The lowest BCUT2D eigenvalue weighted by Gasteiger charge is -2.34. The van der Waals surface area contributed by atoms with E-state index in [1.54, 1.807) is 18.6 Å². The molecule has 0 spiro atoms. The predicted octanol–water partition coefficient (Wildman–Crippen LogP) is 10.4. The van der Waals surface area contributed by atoms with Gasteiger partial charge in [0.2, 0.25) is 0 Å². The minimum Gasteiger partial charge on any atom is -0.477 e. The Bertz CT molecular complexity index is 2080. The Morgan fingerprint density at radius 1 is 0.812 bits per heavy atom. The minimum atomic E-state index is -1.22. The Morgan fingerprint density at radius 3 is 1.88 bits per heavy atom. The first-order valence-electron chi connectivity index (χ1n) is 15.9. The van der Waals surface area contributed by atoms with Crippen LogP contribution in [-0.4, -0.2) is 27.8 Å². The zero-order valence-electron chi connectivity index (χ0n) is 27.4. The molecule has 1 heterocycles. The highest BCUT2D eigenvalue weighted by molar-refractivity contribution is 7.99. The van der Waals surface area contributed by atoms with Crippen molar-refractivity contribution in [3.63, 3.8) is 0 Å². The minimum absolute atomic E-state index is 0.119. The third-order valence-corrected chi connectivity index (χ3v) is 10.3. The van der Waals surface area contributed by atoms with E-state index in [0.29, 0.717) is 5.56 Å². The maximum atomic E-state index is 11.3. The summed E-state index contributed by atoms with van der Waals surface area (Å²) in [6.45, 7) is 4.58. The number of carbonyl (C=O) groups is 1. The second kappa shape index (κ2) is 13.7. The largest absolute Gasteiger partial charge is 0.477 e. The van der Waals surface area contributed by atoms with E-state index in [-0.39, 0.29) is 11.0 Å². The number of para-hydroxylation sites is 2. The number of nitriles is 1. The Kier molecular flexibility index (Phi) is 9.41. The van der Waals surface area contributed by atoms with Gasteiger partial charge in [0.05, 0.1) is 11.4 Å². The number of benzene rings is 5.